The van der Waals surface area contributed by atoms with Crippen LogP contribution in [0.1, 0.15) is 47.1 Å². The van der Waals surface area contributed by atoms with Crippen LogP contribution in [0.2, 0.25) is 5.02 Å². The molecule has 1 saturated heterocycles. The van der Waals surface area contributed by atoms with E-state index in [0.717, 1.165) is 31.3 Å². The molecule has 4 aromatic rings. The highest BCUT2D eigenvalue weighted by atomic mass is 35.5. The molecule has 38 heavy (non-hydrogen) atoms. The summed E-state index contributed by atoms with van der Waals surface area (Å²) >= 11 is 5.79. The number of carboxylic acids is 1. The zero-order valence-electron chi connectivity index (χ0n) is 20.4. The Bertz CT molecular complexity index is 1570. The van der Waals surface area contributed by atoms with Gasteiger partial charge in [-0.15, -0.1) is 0 Å². The molecular formula is C26H23ClF2N6O3. The molecular weight excluding hydrogens is 518 g/mol. The Labute approximate surface area is 221 Å². The molecule has 1 saturated carbocycles. The Morgan fingerprint density at radius 3 is 2.68 bits per heavy atom. The fourth-order valence-corrected chi connectivity index (χ4v) is 5.52. The maximum Gasteiger partial charge on any atom is 0.354 e. The number of ether oxygens (including phenoxy) is 1. The molecule has 1 aliphatic heterocycles. The van der Waals surface area contributed by atoms with Gasteiger partial charge in [-0.25, -0.2) is 28.5 Å². The van der Waals surface area contributed by atoms with E-state index < -0.39 is 17.6 Å². The van der Waals surface area contributed by atoms with E-state index in [1.165, 1.54) is 18.2 Å². The number of hydrogen-bond acceptors (Lipinski definition) is 7. The average molecular weight is 541 g/mol. The lowest BCUT2D eigenvalue weighted by Gasteiger charge is -2.33. The largest absolute Gasteiger partial charge is 0.477 e. The van der Waals surface area contributed by atoms with Gasteiger partial charge < -0.3 is 19.3 Å². The first-order valence-electron chi connectivity index (χ1n) is 12.1. The third-order valence-electron chi connectivity index (χ3n) is 7.61. The summed E-state index contributed by atoms with van der Waals surface area (Å²) in [6.45, 7) is 1.09. The SMILES string of the molecule is Cn1c(C2CC23CCN(c2nc(OCc4ccc(Cl)cc4F)ncc2F)CC3)nc2ccc(C(=O)O)nc21. The zero-order valence-corrected chi connectivity index (χ0v) is 21.1. The Hall–Kier alpha value is -3.86. The number of benzene rings is 1. The van der Waals surface area contributed by atoms with Crippen molar-refractivity contribution in [2.45, 2.75) is 31.8 Å². The smallest absolute Gasteiger partial charge is 0.354 e. The van der Waals surface area contributed by atoms with Crippen LogP contribution in [-0.4, -0.2) is 48.7 Å². The van der Waals surface area contributed by atoms with Gasteiger partial charge in [0.15, 0.2) is 23.0 Å². The van der Waals surface area contributed by atoms with Crippen molar-refractivity contribution in [2.24, 2.45) is 12.5 Å². The highest BCUT2D eigenvalue weighted by Gasteiger charge is 2.57. The number of pyridine rings is 1. The molecule has 1 aromatic carbocycles. The number of carbonyl (C=O) groups is 1. The standard InChI is InChI=1S/C26H23ClF2N6O3/c1-34-21(31-19-4-5-20(24(36)37)32-23(19)34)16-11-26(16)6-8-35(9-7-26)22-18(29)12-30-25(33-22)38-13-14-2-3-15(27)10-17(14)28/h2-5,10,12,16H,6-9,11,13H2,1H3,(H,36,37). The molecule has 0 amide bonds. The molecule has 12 heteroatoms. The first kappa shape index (κ1) is 24.5. The van der Waals surface area contributed by atoms with Crippen LogP contribution >= 0.6 is 11.6 Å². The van der Waals surface area contributed by atoms with Crippen molar-refractivity contribution >= 4 is 34.6 Å². The number of aromatic carboxylic acids is 1. The summed E-state index contributed by atoms with van der Waals surface area (Å²) in [4.78, 5) is 30.3. The predicted molar refractivity (Wildman–Crippen MR) is 134 cm³/mol. The number of aryl methyl sites for hydroxylation is 1. The molecule has 196 valence electrons. The molecule has 1 N–H and O–H groups in total. The Kier molecular flexibility index (Phi) is 5.90. The quantitative estimate of drug-likeness (QED) is 0.374. The van der Waals surface area contributed by atoms with Gasteiger partial charge in [0.2, 0.25) is 0 Å². The first-order chi connectivity index (χ1) is 18.2. The molecule has 6 rings (SSSR count). The van der Waals surface area contributed by atoms with Crippen molar-refractivity contribution < 1.29 is 23.4 Å². The predicted octanol–water partition coefficient (Wildman–Crippen LogP) is 4.74. The average Bonchev–Trinajstić information content (AvgIpc) is 3.49. The van der Waals surface area contributed by atoms with Gasteiger partial charge in [-0.3, -0.25) is 0 Å². The van der Waals surface area contributed by atoms with Crippen molar-refractivity contribution in [1.82, 2.24) is 24.5 Å². The Morgan fingerprint density at radius 1 is 1.16 bits per heavy atom. The number of anilines is 1. The van der Waals surface area contributed by atoms with Crippen LogP contribution in [0.25, 0.3) is 11.2 Å². The third kappa shape index (κ3) is 4.30. The van der Waals surface area contributed by atoms with E-state index in [1.54, 1.807) is 12.1 Å². The van der Waals surface area contributed by atoms with Gasteiger partial charge in [0.1, 0.15) is 23.8 Å². The minimum Gasteiger partial charge on any atom is -0.477 e. The fraction of sp³-hybridized carbons (Fsp3) is 0.346. The van der Waals surface area contributed by atoms with Gasteiger partial charge in [0.05, 0.1) is 6.20 Å². The normalized spacial score (nSPS) is 18.2. The molecule has 1 spiro atoms. The second-order valence-electron chi connectivity index (χ2n) is 9.83. The molecule has 0 bridgehead atoms. The summed E-state index contributed by atoms with van der Waals surface area (Å²) in [5.41, 5.74) is 1.55. The minimum atomic E-state index is -1.08. The van der Waals surface area contributed by atoms with Gasteiger partial charge in [-0.05, 0) is 48.9 Å². The maximum atomic E-state index is 14.7. The van der Waals surface area contributed by atoms with Crippen LogP contribution in [0.3, 0.4) is 0 Å². The van der Waals surface area contributed by atoms with Crippen LogP contribution in [0.5, 0.6) is 6.01 Å². The lowest BCUT2D eigenvalue weighted by molar-refractivity contribution is 0.0691. The second-order valence-corrected chi connectivity index (χ2v) is 10.3. The summed E-state index contributed by atoms with van der Waals surface area (Å²) in [7, 11) is 1.86. The summed E-state index contributed by atoms with van der Waals surface area (Å²) in [6, 6.07) is 7.39. The maximum absolute atomic E-state index is 14.7. The number of carboxylic acid groups (broad SMARTS) is 1. The molecule has 0 radical (unpaired) electrons. The zero-order chi connectivity index (χ0) is 26.6. The van der Waals surface area contributed by atoms with E-state index >= 15 is 0 Å². The van der Waals surface area contributed by atoms with Gasteiger partial charge in [0.25, 0.3) is 0 Å². The van der Waals surface area contributed by atoms with Crippen molar-refractivity contribution in [3.8, 4) is 6.01 Å². The van der Waals surface area contributed by atoms with Crippen LogP contribution in [-0.2, 0) is 13.7 Å². The molecule has 2 fully saturated rings. The van der Waals surface area contributed by atoms with Crippen LogP contribution < -0.4 is 9.64 Å². The highest BCUT2D eigenvalue weighted by molar-refractivity contribution is 6.30. The van der Waals surface area contributed by atoms with E-state index in [4.69, 9.17) is 21.3 Å². The fourth-order valence-electron chi connectivity index (χ4n) is 5.36. The van der Waals surface area contributed by atoms with Crippen molar-refractivity contribution in [2.75, 3.05) is 18.0 Å². The number of nitrogens with zero attached hydrogens (tertiary/aromatic N) is 6. The molecule has 9 nitrogen and oxygen atoms in total. The lowest BCUT2D eigenvalue weighted by atomic mass is 9.90. The van der Waals surface area contributed by atoms with Crippen LogP contribution in [0, 0.1) is 17.0 Å². The number of aromatic nitrogens is 5. The first-order valence-corrected chi connectivity index (χ1v) is 12.5. The number of rotatable bonds is 6. The highest BCUT2D eigenvalue weighted by Crippen LogP contribution is 2.64. The number of hydrogen-bond donors (Lipinski definition) is 1. The number of imidazole rings is 1. The van der Waals surface area contributed by atoms with Gasteiger partial charge in [0, 0.05) is 36.6 Å². The Balaban J connectivity index is 1.14. The van der Waals surface area contributed by atoms with E-state index in [1.807, 2.05) is 16.5 Å². The lowest BCUT2D eigenvalue weighted by Crippen LogP contribution is -2.36. The monoisotopic (exact) mass is 540 g/mol. The Morgan fingerprint density at radius 2 is 1.95 bits per heavy atom. The van der Waals surface area contributed by atoms with Crippen LogP contribution in [0.15, 0.2) is 36.5 Å². The summed E-state index contributed by atoms with van der Waals surface area (Å²) < 4.78 is 36.1. The number of halogens is 3. The number of fused-ring (bicyclic) bond motifs is 1. The molecule has 3 aromatic heterocycles. The number of piperidine rings is 1. The molecule has 4 heterocycles. The summed E-state index contributed by atoms with van der Waals surface area (Å²) in [6.07, 6.45) is 3.67. The van der Waals surface area contributed by atoms with Crippen molar-refractivity contribution in [3.05, 3.63) is 70.3 Å². The van der Waals surface area contributed by atoms with E-state index in [-0.39, 0.29) is 40.5 Å². The van der Waals surface area contributed by atoms with Crippen molar-refractivity contribution in [3.63, 3.8) is 0 Å². The molecule has 1 atom stereocenters. The minimum absolute atomic E-state index is 0.0144. The van der Waals surface area contributed by atoms with Gasteiger partial charge in [-0.2, -0.15) is 4.98 Å². The third-order valence-corrected chi connectivity index (χ3v) is 7.84. The topological polar surface area (TPSA) is 106 Å². The molecule has 1 aliphatic carbocycles. The van der Waals surface area contributed by atoms with E-state index in [2.05, 4.69) is 15.0 Å². The van der Waals surface area contributed by atoms with Crippen LogP contribution in [0.4, 0.5) is 14.6 Å². The van der Waals surface area contributed by atoms with Gasteiger partial charge in [-0.1, -0.05) is 17.7 Å². The molecule has 1 unspecified atom stereocenters. The molecule has 2 aliphatic rings. The van der Waals surface area contributed by atoms with Crippen molar-refractivity contribution in [1.29, 1.82) is 0 Å². The van der Waals surface area contributed by atoms with E-state index in [9.17, 15) is 18.7 Å². The van der Waals surface area contributed by atoms with Gasteiger partial charge >= 0.3 is 12.0 Å². The summed E-state index contributed by atoms with van der Waals surface area (Å²) in [5, 5.41) is 9.54. The van der Waals surface area contributed by atoms with E-state index in [0.29, 0.717) is 29.8 Å². The summed E-state index contributed by atoms with van der Waals surface area (Å²) in [5.74, 6) is -0.852. The second kappa shape index (κ2) is 9.16.